The lowest BCUT2D eigenvalue weighted by Crippen LogP contribution is -2.07. The largest absolute Gasteiger partial charge is 0.462 e. The summed E-state index contributed by atoms with van der Waals surface area (Å²) < 4.78 is 5.68. The van der Waals surface area contributed by atoms with Crippen LogP contribution in [0.1, 0.15) is 30.1 Å². The normalized spacial score (nSPS) is 10.0. The van der Waals surface area contributed by atoms with Crippen LogP contribution in [0.4, 0.5) is 5.69 Å². The summed E-state index contributed by atoms with van der Waals surface area (Å²) in [7, 11) is 0. The van der Waals surface area contributed by atoms with Crippen LogP contribution < -0.4 is 5.73 Å². The molecule has 0 fully saturated rings. The topological polar surface area (TPSA) is 52.3 Å². The summed E-state index contributed by atoms with van der Waals surface area (Å²) in [5, 5.41) is 0. The molecular weight excluding hydrogens is 258 g/mol. The minimum absolute atomic E-state index is 0.331. The van der Waals surface area contributed by atoms with E-state index in [0.29, 0.717) is 22.3 Å². The van der Waals surface area contributed by atoms with Crippen molar-refractivity contribution in [2.24, 2.45) is 0 Å². The molecule has 4 heteroatoms. The molecule has 0 unspecified atom stereocenters. The number of benzene rings is 1. The van der Waals surface area contributed by atoms with E-state index in [-0.39, 0.29) is 5.97 Å². The van der Waals surface area contributed by atoms with Gasteiger partial charge in [-0.05, 0) is 34.5 Å². The molecular formula is C11H14BrNO2. The number of carbonyl (C=O) groups excluding carboxylic acids is 1. The maximum absolute atomic E-state index is 11.6. The molecule has 0 spiro atoms. The van der Waals surface area contributed by atoms with Crippen LogP contribution in [0.3, 0.4) is 0 Å². The first-order valence-corrected chi connectivity index (χ1v) is 5.67. The van der Waals surface area contributed by atoms with Crippen molar-refractivity contribution in [1.82, 2.24) is 0 Å². The van der Waals surface area contributed by atoms with Crippen LogP contribution in [0.5, 0.6) is 0 Å². The highest BCUT2D eigenvalue weighted by Gasteiger charge is 2.12. The highest BCUT2D eigenvalue weighted by molar-refractivity contribution is 9.10. The second-order valence-electron chi connectivity index (χ2n) is 3.20. The summed E-state index contributed by atoms with van der Waals surface area (Å²) in [5.41, 5.74) is 6.68. The Morgan fingerprint density at radius 1 is 1.53 bits per heavy atom. The van der Waals surface area contributed by atoms with Gasteiger partial charge in [-0.15, -0.1) is 0 Å². The Morgan fingerprint density at radius 2 is 2.27 bits per heavy atom. The van der Waals surface area contributed by atoms with Crippen molar-refractivity contribution in [1.29, 1.82) is 0 Å². The van der Waals surface area contributed by atoms with Crippen LogP contribution in [0.25, 0.3) is 0 Å². The maximum Gasteiger partial charge on any atom is 0.339 e. The number of esters is 1. The Morgan fingerprint density at radius 3 is 2.93 bits per heavy atom. The fourth-order valence-electron chi connectivity index (χ4n) is 1.09. The molecule has 0 saturated heterocycles. The van der Waals surface area contributed by atoms with E-state index in [1.807, 2.05) is 6.92 Å². The van der Waals surface area contributed by atoms with E-state index < -0.39 is 0 Å². The molecule has 0 amide bonds. The average Bonchev–Trinajstić information content (AvgIpc) is 2.22. The monoisotopic (exact) mass is 271 g/mol. The number of anilines is 1. The molecule has 82 valence electrons. The Hall–Kier alpha value is -1.03. The molecule has 2 N–H and O–H groups in total. The lowest BCUT2D eigenvalue weighted by molar-refractivity contribution is 0.0499. The van der Waals surface area contributed by atoms with Gasteiger partial charge < -0.3 is 10.5 Å². The second kappa shape index (κ2) is 5.75. The molecule has 3 nitrogen and oxygen atoms in total. The summed E-state index contributed by atoms with van der Waals surface area (Å²) in [6, 6.07) is 5.15. The third kappa shape index (κ3) is 3.23. The Kier molecular flexibility index (Phi) is 4.62. The van der Waals surface area contributed by atoms with Gasteiger partial charge in [0, 0.05) is 5.69 Å². The summed E-state index contributed by atoms with van der Waals surface area (Å²) in [5.74, 6) is -0.331. The second-order valence-corrected chi connectivity index (χ2v) is 3.99. The van der Waals surface area contributed by atoms with Crippen molar-refractivity contribution in [2.45, 2.75) is 19.8 Å². The quantitative estimate of drug-likeness (QED) is 0.520. The number of ether oxygens (including phenoxy) is 1. The third-order valence-electron chi connectivity index (χ3n) is 1.98. The zero-order valence-corrected chi connectivity index (χ0v) is 10.2. The molecule has 0 radical (unpaired) electrons. The number of nitrogens with two attached hydrogens (primary N) is 1. The molecule has 0 heterocycles. The van der Waals surface area contributed by atoms with E-state index >= 15 is 0 Å². The fraction of sp³-hybridized carbons (Fsp3) is 0.364. The smallest absolute Gasteiger partial charge is 0.339 e. The van der Waals surface area contributed by atoms with Gasteiger partial charge in [-0.3, -0.25) is 0 Å². The molecule has 0 aliphatic rings. The van der Waals surface area contributed by atoms with Gasteiger partial charge in [0.25, 0.3) is 0 Å². The van der Waals surface area contributed by atoms with Gasteiger partial charge in [0.05, 0.1) is 16.6 Å². The minimum Gasteiger partial charge on any atom is -0.462 e. The molecule has 0 aliphatic heterocycles. The van der Waals surface area contributed by atoms with Crippen molar-refractivity contribution < 1.29 is 9.53 Å². The lowest BCUT2D eigenvalue weighted by atomic mass is 10.2. The molecule has 0 atom stereocenters. The number of hydrogen-bond acceptors (Lipinski definition) is 3. The first kappa shape index (κ1) is 12.0. The molecule has 0 aliphatic carbocycles. The van der Waals surface area contributed by atoms with E-state index in [0.717, 1.165) is 12.8 Å². The van der Waals surface area contributed by atoms with Crippen LogP contribution in [-0.2, 0) is 4.74 Å². The summed E-state index contributed by atoms with van der Waals surface area (Å²) in [6.45, 7) is 2.50. The van der Waals surface area contributed by atoms with Crippen molar-refractivity contribution in [3.05, 3.63) is 28.2 Å². The van der Waals surface area contributed by atoms with E-state index in [9.17, 15) is 4.79 Å². The number of rotatable bonds is 4. The first-order chi connectivity index (χ1) is 7.16. The van der Waals surface area contributed by atoms with E-state index in [4.69, 9.17) is 10.5 Å². The molecule has 15 heavy (non-hydrogen) atoms. The number of carbonyl (C=O) groups is 1. The molecule has 0 bridgehead atoms. The number of halogens is 1. The molecule has 1 aromatic rings. The number of nitrogen functional groups attached to an aromatic ring is 1. The van der Waals surface area contributed by atoms with Gasteiger partial charge in [-0.2, -0.15) is 0 Å². The zero-order valence-electron chi connectivity index (χ0n) is 8.63. The number of unbranched alkanes of at least 4 members (excludes halogenated alkanes) is 1. The van der Waals surface area contributed by atoms with Gasteiger partial charge in [-0.1, -0.05) is 19.4 Å². The van der Waals surface area contributed by atoms with Crippen LogP contribution in [0, 0.1) is 0 Å². The molecule has 1 aromatic carbocycles. The molecule has 1 rings (SSSR count). The van der Waals surface area contributed by atoms with Crippen molar-refractivity contribution >= 4 is 27.6 Å². The van der Waals surface area contributed by atoms with Crippen LogP contribution >= 0.6 is 15.9 Å². The summed E-state index contributed by atoms with van der Waals surface area (Å²) in [6.07, 6.45) is 1.89. The van der Waals surface area contributed by atoms with E-state index in [1.54, 1.807) is 18.2 Å². The Bertz CT molecular complexity index is 352. The van der Waals surface area contributed by atoms with Gasteiger partial charge >= 0.3 is 5.97 Å². The van der Waals surface area contributed by atoms with Gasteiger partial charge in [-0.25, -0.2) is 4.79 Å². The molecule has 0 aromatic heterocycles. The standard InChI is InChI=1S/C11H14BrNO2/c1-2-3-7-15-11(14)8-5-4-6-9(13)10(8)12/h4-6H,2-3,7,13H2,1H3. The van der Waals surface area contributed by atoms with Crippen molar-refractivity contribution in [3.8, 4) is 0 Å². The maximum atomic E-state index is 11.6. The minimum atomic E-state index is -0.331. The fourth-order valence-corrected chi connectivity index (χ4v) is 1.52. The Labute approximate surface area is 97.7 Å². The SMILES string of the molecule is CCCCOC(=O)c1cccc(N)c1Br. The van der Waals surface area contributed by atoms with Crippen molar-refractivity contribution in [2.75, 3.05) is 12.3 Å². The molecule has 0 saturated carbocycles. The van der Waals surface area contributed by atoms with Crippen LogP contribution in [-0.4, -0.2) is 12.6 Å². The number of hydrogen-bond donors (Lipinski definition) is 1. The first-order valence-electron chi connectivity index (χ1n) is 4.88. The van der Waals surface area contributed by atoms with E-state index in [1.165, 1.54) is 0 Å². The highest BCUT2D eigenvalue weighted by atomic mass is 79.9. The van der Waals surface area contributed by atoms with Crippen molar-refractivity contribution in [3.63, 3.8) is 0 Å². The van der Waals surface area contributed by atoms with Crippen LogP contribution in [0.15, 0.2) is 22.7 Å². The summed E-state index contributed by atoms with van der Waals surface area (Å²) >= 11 is 3.26. The zero-order chi connectivity index (χ0) is 11.3. The third-order valence-corrected chi connectivity index (χ3v) is 2.86. The summed E-state index contributed by atoms with van der Waals surface area (Å²) in [4.78, 5) is 11.6. The highest BCUT2D eigenvalue weighted by Crippen LogP contribution is 2.24. The Balaban J connectivity index is 2.69. The predicted octanol–water partition coefficient (Wildman–Crippen LogP) is 2.99. The lowest BCUT2D eigenvalue weighted by Gasteiger charge is -2.06. The van der Waals surface area contributed by atoms with Crippen LogP contribution in [0.2, 0.25) is 0 Å². The van der Waals surface area contributed by atoms with E-state index in [2.05, 4.69) is 15.9 Å². The predicted molar refractivity (Wildman–Crippen MR) is 63.7 cm³/mol. The van der Waals surface area contributed by atoms with Gasteiger partial charge in [0.1, 0.15) is 0 Å². The van der Waals surface area contributed by atoms with Gasteiger partial charge in [0.2, 0.25) is 0 Å². The average molecular weight is 272 g/mol. The van der Waals surface area contributed by atoms with Gasteiger partial charge in [0.15, 0.2) is 0 Å².